The molecular formula is C15H15FN2O3S. The van der Waals surface area contributed by atoms with Crippen LogP contribution in [-0.4, -0.2) is 36.9 Å². The molecule has 1 aliphatic heterocycles. The highest BCUT2D eigenvalue weighted by atomic mass is 32.2. The van der Waals surface area contributed by atoms with Crippen LogP contribution in [0, 0.1) is 5.82 Å². The first kappa shape index (κ1) is 14.9. The number of aromatic nitrogens is 1. The van der Waals surface area contributed by atoms with Crippen LogP contribution in [0.15, 0.2) is 48.8 Å². The molecule has 1 aromatic heterocycles. The van der Waals surface area contributed by atoms with Gasteiger partial charge in [-0.05, 0) is 29.8 Å². The van der Waals surface area contributed by atoms with Crippen LogP contribution in [-0.2, 0) is 15.8 Å². The molecular weight excluding hydrogens is 307 g/mol. The predicted molar refractivity (Wildman–Crippen MR) is 79.2 cm³/mol. The Morgan fingerprint density at radius 1 is 1.23 bits per heavy atom. The molecule has 1 fully saturated rings. The van der Waals surface area contributed by atoms with E-state index in [4.69, 9.17) is 4.74 Å². The third-order valence-corrected chi connectivity index (χ3v) is 5.19. The number of sulfonamides is 1. The standard InChI is InChI=1S/C15H15FN2O3S/c16-13-5-3-12(4-6-13)11-22(19,20)18-9-15(10-18)21-14-2-1-7-17-8-14/h1-8,15H,9-11H2. The van der Waals surface area contributed by atoms with Gasteiger partial charge in [0.05, 0.1) is 25.0 Å². The molecule has 0 unspecified atom stereocenters. The minimum absolute atomic E-state index is 0.132. The highest BCUT2D eigenvalue weighted by Gasteiger charge is 2.37. The SMILES string of the molecule is O=S(=O)(Cc1ccc(F)cc1)N1CC(Oc2cccnc2)C1. The van der Waals surface area contributed by atoms with E-state index in [0.717, 1.165) is 0 Å². The lowest BCUT2D eigenvalue weighted by atomic mass is 10.2. The molecule has 0 amide bonds. The first-order chi connectivity index (χ1) is 10.5. The Labute approximate surface area is 128 Å². The molecule has 1 saturated heterocycles. The van der Waals surface area contributed by atoms with E-state index in [1.807, 2.05) is 0 Å². The molecule has 2 heterocycles. The van der Waals surface area contributed by atoms with Crippen LogP contribution in [0.1, 0.15) is 5.56 Å². The highest BCUT2D eigenvalue weighted by molar-refractivity contribution is 7.88. The Bertz CT molecular complexity index is 729. The number of benzene rings is 1. The van der Waals surface area contributed by atoms with E-state index in [0.29, 0.717) is 24.4 Å². The van der Waals surface area contributed by atoms with E-state index in [2.05, 4.69) is 4.98 Å². The summed E-state index contributed by atoms with van der Waals surface area (Å²) in [5.74, 6) is 0.116. The number of halogens is 1. The normalized spacial score (nSPS) is 16.2. The van der Waals surface area contributed by atoms with Gasteiger partial charge in [-0.15, -0.1) is 0 Å². The highest BCUT2D eigenvalue weighted by Crippen LogP contribution is 2.22. The lowest BCUT2D eigenvalue weighted by Gasteiger charge is -2.37. The molecule has 0 spiro atoms. The van der Waals surface area contributed by atoms with Crippen LogP contribution in [0.2, 0.25) is 0 Å². The van der Waals surface area contributed by atoms with Crippen molar-refractivity contribution in [2.75, 3.05) is 13.1 Å². The monoisotopic (exact) mass is 322 g/mol. The van der Waals surface area contributed by atoms with Gasteiger partial charge in [0.1, 0.15) is 17.7 Å². The Morgan fingerprint density at radius 2 is 1.95 bits per heavy atom. The maximum absolute atomic E-state index is 12.8. The molecule has 0 radical (unpaired) electrons. The molecule has 0 bridgehead atoms. The number of hydrogen-bond donors (Lipinski definition) is 0. The summed E-state index contributed by atoms with van der Waals surface area (Å²) < 4.78 is 44.3. The van der Waals surface area contributed by atoms with Gasteiger partial charge in [0.15, 0.2) is 0 Å². The van der Waals surface area contributed by atoms with Gasteiger partial charge in [0, 0.05) is 6.20 Å². The summed E-state index contributed by atoms with van der Waals surface area (Å²) in [4.78, 5) is 3.94. The van der Waals surface area contributed by atoms with Crippen LogP contribution >= 0.6 is 0 Å². The van der Waals surface area contributed by atoms with Gasteiger partial charge in [-0.1, -0.05) is 12.1 Å². The van der Waals surface area contributed by atoms with Crippen LogP contribution in [0.4, 0.5) is 4.39 Å². The second kappa shape index (κ2) is 6.02. The maximum Gasteiger partial charge on any atom is 0.218 e. The van der Waals surface area contributed by atoms with Gasteiger partial charge < -0.3 is 4.74 Å². The van der Waals surface area contributed by atoms with Crippen molar-refractivity contribution >= 4 is 10.0 Å². The van der Waals surface area contributed by atoms with Crippen molar-refractivity contribution in [2.45, 2.75) is 11.9 Å². The van der Waals surface area contributed by atoms with E-state index in [1.165, 1.54) is 28.6 Å². The van der Waals surface area contributed by atoms with Crippen LogP contribution in [0.3, 0.4) is 0 Å². The molecule has 7 heteroatoms. The molecule has 22 heavy (non-hydrogen) atoms. The lowest BCUT2D eigenvalue weighted by molar-refractivity contribution is 0.0757. The Balaban J connectivity index is 1.56. The van der Waals surface area contributed by atoms with Crippen molar-refractivity contribution < 1.29 is 17.5 Å². The molecule has 5 nitrogen and oxygen atoms in total. The molecule has 1 aromatic carbocycles. The minimum Gasteiger partial charge on any atom is -0.486 e. The summed E-state index contributed by atoms with van der Waals surface area (Å²) in [6.07, 6.45) is 3.08. The largest absolute Gasteiger partial charge is 0.486 e. The van der Waals surface area contributed by atoms with E-state index >= 15 is 0 Å². The number of nitrogens with zero attached hydrogens (tertiary/aromatic N) is 2. The third kappa shape index (κ3) is 3.42. The molecule has 0 atom stereocenters. The van der Waals surface area contributed by atoms with E-state index in [9.17, 15) is 12.8 Å². The van der Waals surface area contributed by atoms with Crippen LogP contribution < -0.4 is 4.74 Å². The van der Waals surface area contributed by atoms with Gasteiger partial charge in [-0.25, -0.2) is 12.8 Å². The molecule has 2 aromatic rings. The fourth-order valence-electron chi connectivity index (χ4n) is 2.19. The molecule has 0 N–H and O–H groups in total. The average molecular weight is 322 g/mol. The zero-order valence-electron chi connectivity index (χ0n) is 11.7. The number of ether oxygens (including phenoxy) is 1. The first-order valence-corrected chi connectivity index (χ1v) is 8.43. The van der Waals surface area contributed by atoms with Gasteiger partial charge in [-0.2, -0.15) is 4.31 Å². The minimum atomic E-state index is -3.40. The van der Waals surface area contributed by atoms with E-state index in [-0.39, 0.29) is 17.7 Å². The van der Waals surface area contributed by atoms with Crippen LogP contribution in [0.5, 0.6) is 5.75 Å². The van der Waals surface area contributed by atoms with Gasteiger partial charge in [0.2, 0.25) is 10.0 Å². The van der Waals surface area contributed by atoms with Crippen molar-refractivity contribution in [3.05, 3.63) is 60.2 Å². The summed E-state index contributed by atoms with van der Waals surface area (Å²) in [6.45, 7) is 0.636. The fourth-order valence-corrected chi connectivity index (χ4v) is 3.78. The fraction of sp³-hybridized carbons (Fsp3) is 0.267. The van der Waals surface area contributed by atoms with Gasteiger partial charge in [0.25, 0.3) is 0 Å². The third-order valence-electron chi connectivity index (χ3n) is 3.41. The van der Waals surface area contributed by atoms with Gasteiger partial charge in [-0.3, -0.25) is 4.98 Å². The summed E-state index contributed by atoms with van der Waals surface area (Å²) in [7, 11) is -3.40. The Kier molecular flexibility index (Phi) is 4.08. The number of hydrogen-bond acceptors (Lipinski definition) is 4. The van der Waals surface area contributed by atoms with Crippen molar-refractivity contribution in [3.8, 4) is 5.75 Å². The predicted octanol–water partition coefficient (Wildman–Crippen LogP) is 1.81. The van der Waals surface area contributed by atoms with Crippen molar-refractivity contribution in [1.29, 1.82) is 0 Å². The lowest BCUT2D eigenvalue weighted by Crippen LogP contribution is -2.56. The smallest absolute Gasteiger partial charge is 0.218 e. The number of pyridine rings is 1. The summed E-state index contributed by atoms with van der Waals surface area (Å²) in [5, 5.41) is 0. The van der Waals surface area contributed by atoms with Gasteiger partial charge >= 0.3 is 0 Å². The Hall–Kier alpha value is -1.99. The Morgan fingerprint density at radius 3 is 2.59 bits per heavy atom. The average Bonchev–Trinajstić information content (AvgIpc) is 2.45. The van der Waals surface area contributed by atoms with E-state index < -0.39 is 10.0 Å². The van der Waals surface area contributed by atoms with E-state index in [1.54, 1.807) is 24.5 Å². The summed E-state index contributed by atoms with van der Waals surface area (Å²) in [6, 6.07) is 9.02. The topological polar surface area (TPSA) is 59.5 Å². The summed E-state index contributed by atoms with van der Waals surface area (Å²) in [5.41, 5.74) is 0.568. The molecule has 0 saturated carbocycles. The maximum atomic E-state index is 12.8. The van der Waals surface area contributed by atoms with Crippen molar-refractivity contribution in [2.24, 2.45) is 0 Å². The first-order valence-electron chi connectivity index (χ1n) is 6.82. The summed E-state index contributed by atoms with van der Waals surface area (Å²) >= 11 is 0. The van der Waals surface area contributed by atoms with Crippen LogP contribution in [0.25, 0.3) is 0 Å². The van der Waals surface area contributed by atoms with Crippen molar-refractivity contribution in [3.63, 3.8) is 0 Å². The molecule has 1 aliphatic rings. The second-order valence-corrected chi connectivity index (χ2v) is 7.10. The zero-order chi connectivity index (χ0) is 15.6. The quantitative estimate of drug-likeness (QED) is 0.842. The molecule has 0 aliphatic carbocycles. The second-order valence-electron chi connectivity index (χ2n) is 5.13. The molecule has 3 rings (SSSR count). The van der Waals surface area contributed by atoms with Crippen molar-refractivity contribution in [1.82, 2.24) is 9.29 Å². The number of rotatable bonds is 5. The zero-order valence-corrected chi connectivity index (χ0v) is 12.5. The molecule has 116 valence electrons.